The summed E-state index contributed by atoms with van der Waals surface area (Å²) in [5.41, 5.74) is 0.664. The van der Waals surface area contributed by atoms with E-state index < -0.39 is 5.97 Å². The molecule has 0 fully saturated rings. The fourth-order valence-corrected chi connectivity index (χ4v) is 0.254. The van der Waals surface area contributed by atoms with Crippen LogP contribution >= 0.6 is 0 Å². The van der Waals surface area contributed by atoms with Crippen molar-refractivity contribution in [2.75, 3.05) is 0 Å². The molecule has 0 aliphatic rings. The molecule has 8 heavy (non-hydrogen) atoms. The molecule has 0 unspecified atom stereocenters. The molecule has 0 radical (unpaired) electrons. The molecule has 2 heteroatoms. The Balaban J connectivity index is 3.94. The molecule has 0 aromatic rings. The Hall–Kier alpha value is -1.05. The second-order valence-electron chi connectivity index (χ2n) is 1.43. The molecule has 0 aromatic heterocycles. The predicted molar refractivity (Wildman–Crippen MR) is 31.6 cm³/mol. The molecule has 0 heterocycles. The second-order valence-corrected chi connectivity index (χ2v) is 1.43. The molecule has 0 aliphatic carbocycles. The molecule has 0 bridgehead atoms. The third-order valence-electron chi connectivity index (χ3n) is 0.673. The normalized spacial score (nSPS) is 10.9. The molecular weight excluding hydrogens is 104 g/mol. The predicted octanol–water partition coefficient (Wildman–Crippen LogP) is 1.20. The highest BCUT2D eigenvalue weighted by Gasteiger charge is 1.85. The van der Waals surface area contributed by atoms with Gasteiger partial charge in [-0.3, -0.25) is 0 Å². The van der Waals surface area contributed by atoms with E-state index in [0.717, 1.165) is 6.08 Å². The molecule has 0 saturated heterocycles. The third kappa shape index (κ3) is 3.15. The zero-order valence-corrected chi connectivity index (χ0v) is 4.72. The lowest BCUT2D eigenvalue weighted by molar-refractivity contribution is -0.131. The fourth-order valence-electron chi connectivity index (χ4n) is 0.254. The maximum absolute atomic E-state index is 9.84. The molecule has 0 atom stereocenters. The van der Waals surface area contributed by atoms with E-state index in [4.69, 9.17) is 5.11 Å². The number of hydrogen-bond acceptors (Lipinski definition) is 1. The standard InChI is InChI=1S/C6H8O2/c1-3-5(2)4-6(7)8/h3-4H,1H2,2H3,(H,7,8). The van der Waals surface area contributed by atoms with Crippen molar-refractivity contribution in [2.45, 2.75) is 6.92 Å². The number of carboxylic acids is 1. The monoisotopic (exact) mass is 112 g/mol. The maximum atomic E-state index is 9.84. The number of rotatable bonds is 2. The molecule has 44 valence electrons. The molecule has 0 aliphatic heterocycles. The van der Waals surface area contributed by atoms with Crippen LogP contribution in [0.3, 0.4) is 0 Å². The van der Waals surface area contributed by atoms with Gasteiger partial charge < -0.3 is 5.11 Å². The molecule has 0 saturated carbocycles. The molecule has 2 nitrogen and oxygen atoms in total. The summed E-state index contributed by atoms with van der Waals surface area (Å²) in [4.78, 5) is 9.84. The Morgan fingerprint density at radius 2 is 2.25 bits per heavy atom. The van der Waals surface area contributed by atoms with Crippen molar-refractivity contribution in [3.05, 3.63) is 24.3 Å². The first-order valence-electron chi connectivity index (χ1n) is 2.20. The summed E-state index contributed by atoms with van der Waals surface area (Å²) in [6, 6.07) is 0. The van der Waals surface area contributed by atoms with Crippen molar-refractivity contribution < 1.29 is 9.90 Å². The van der Waals surface area contributed by atoms with Crippen molar-refractivity contribution in [2.24, 2.45) is 0 Å². The van der Waals surface area contributed by atoms with Crippen LogP contribution in [0, 0.1) is 0 Å². The van der Waals surface area contributed by atoms with Gasteiger partial charge >= 0.3 is 5.97 Å². The minimum atomic E-state index is -0.928. The Labute approximate surface area is 48.1 Å². The van der Waals surface area contributed by atoms with E-state index in [2.05, 4.69) is 6.58 Å². The van der Waals surface area contributed by atoms with Gasteiger partial charge in [0.15, 0.2) is 0 Å². The van der Waals surface area contributed by atoms with Gasteiger partial charge in [0.05, 0.1) is 0 Å². The lowest BCUT2D eigenvalue weighted by Gasteiger charge is -1.82. The average molecular weight is 112 g/mol. The number of carbonyl (C=O) groups is 1. The van der Waals surface area contributed by atoms with E-state index in [0.29, 0.717) is 5.57 Å². The average Bonchev–Trinajstić information content (AvgIpc) is 1.65. The first-order valence-corrected chi connectivity index (χ1v) is 2.20. The number of allylic oxidation sites excluding steroid dienone is 2. The minimum Gasteiger partial charge on any atom is -0.478 e. The summed E-state index contributed by atoms with van der Waals surface area (Å²) in [5.74, 6) is -0.928. The summed E-state index contributed by atoms with van der Waals surface area (Å²) in [5, 5.41) is 8.09. The quantitative estimate of drug-likeness (QED) is 0.430. The van der Waals surface area contributed by atoms with Crippen molar-refractivity contribution in [3.8, 4) is 0 Å². The Kier molecular flexibility index (Phi) is 2.62. The first-order chi connectivity index (χ1) is 3.66. The lowest BCUT2D eigenvalue weighted by atomic mass is 10.3. The third-order valence-corrected chi connectivity index (χ3v) is 0.673. The van der Waals surface area contributed by atoms with Crippen molar-refractivity contribution in [3.63, 3.8) is 0 Å². The van der Waals surface area contributed by atoms with E-state index in [1.165, 1.54) is 6.08 Å². The van der Waals surface area contributed by atoms with Crippen LogP contribution in [0.4, 0.5) is 0 Å². The number of hydrogen-bond donors (Lipinski definition) is 1. The smallest absolute Gasteiger partial charge is 0.328 e. The van der Waals surface area contributed by atoms with Gasteiger partial charge in [0, 0.05) is 6.08 Å². The van der Waals surface area contributed by atoms with Gasteiger partial charge in [-0.2, -0.15) is 0 Å². The summed E-state index contributed by atoms with van der Waals surface area (Å²) >= 11 is 0. The highest BCUT2D eigenvalue weighted by atomic mass is 16.4. The van der Waals surface area contributed by atoms with E-state index >= 15 is 0 Å². The van der Waals surface area contributed by atoms with Crippen LogP contribution in [0.15, 0.2) is 24.3 Å². The fraction of sp³-hybridized carbons (Fsp3) is 0.167. The van der Waals surface area contributed by atoms with Crippen LogP contribution in [0.25, 0.3) is 0 Å². The Bertz CT molecular complexity index is 133. The van der Waals surface area contributed by atoms with E-state index in [1.807, 2.05) is 0 Å². The molecular formula is C6H8O2. The number of aliphatic carboxylic acids is 1. The molecule has 0 spiro atoms. The summed E-state index contributed by atoms with van der Waals surface area (Å²) in [6.07, 6.45) is 2.60. The van der Waals surface area contributed by atoms with E-state index in [-0.39, 0.29) is 0 Å². The van der Waals surface area contributed by atoms with Gasteiger partial charge in [-0.1, -0.05) is 12.7 Å². The van der Waals surface area contributed by atoms with Gasteiger partial charge in [-0.25, -0.2) is 4.79 Å². The minimum absolute atomic E-state index is 0.664. The molecule has 0 amide bonds. The zero-order valence-electron chi connectivity index (χ0n) is 4.72. The highest BCUT2D eigenvalue weighted by Crippen LogP contribution is 1.89. The Morgan fingerprint density at radius 1 is 1.75 bits per heavy atom. The van der Waals surface area contributed by atoms with E-state index in [9.17, 15) is 4.79 Å². The van der Waals surface area contributed by atoms with Crippen molar-refractivity contribution in [1.82, 2.24) is 0 Å². The van der Waals surface area contributed by atoms with Gasteiger partial charge in [0.2, 0.25) is 0 Å². The number of carboxylic acid groups (broad SMARTS) is 1. The van der Waals surface area contributed by atoms with Gasteiger partial charge in [0.25, 0.3) is 0 Å². The van der Waals surface area contributed by atoms with Crippen LogP contribution in [0.5, 0.6) is 0 Å². The van der Waals surface area contributed by atoms with Crippen LogP contribution in [-0.2, 0) is 4.79 Å². The van der Waals surface area contributed by atoms with Gasteiger partial charge in [-0.15, -0.1) is 0 Å². The SMILES string of the molecule is C=CC(C)=CC(=O)O. The van der Waals surface area contributed by atoms with E-state index in [1.54, 1.807) is 6.92 Å². The summed E-state index contributed by atoms with van der Waals surface area (Å²) in [6.45, 7) is 5.06. The van der Waals surface area contributed by atoms with Crippen molar-refractivity contribution >= 4 is 5.97 Å². The molecule has 1 N–H and O–H groups in total. The first kappa shape index (κ1) is 6.95. The lowest BCUT2D eigenvalue weighted by Crippen LogP contribution is -1.87. The summed E-state index contributed by atoms with van der Waals surface area (Å²) in [7, 11) is 0. The maximum Gasteiger partial charge on any atom is 0.328 e. The van der Waals surface area contributed by atoms with Crippen LogP contribution in [0.1, 0.15) is 6.92 Å². The molecule has 0 aromatic carbocycles. The second kappa shape index (κ2) is 3.02. The Morgan fingerprint density at radius 3 is 2.38 bits per heavy atom. The topological polar surface area (TPSA) is 37.3 Å². The zero-order chi connectivity index (χ0) is 6.57. The molecule has 0 rings (SSSR count). The summed E-state index contributed by atoms with van der Waals surface area (Å²) < 4.78 is 0. The van der Waals surface area contributed by atoms with Crippen LogP contribution in [0.2, 0.25) is 0 Å². The van der Waals surface area contributed by atoms with Gasteiger partial charge in [-0.05, 0) is 12.5 Å². The van der Waals surface area contributed by atoms with Crippen molar-refractivity contribution in [1.29, 1.82) is 0 Å². The largest absolute Gasteiger partial charge is 0.478 e. The van der Waals surface area contributed by atoms with Crippen LogP contribution in [-0.4, -0.2) is 11.1 Å². The highest BCUT2D eigenvalue weighted by molar-refractivity contribution is 5.81. The van der Waals surface area contributed by atoms with Gasteiger partial charge in [0.1, 0.15) is 0 Å². The van der Waals surface area contributed by atoms with Crippen LogP contribution < -0.4 is 0 Å².